The highest BCUT2D eigenvalue weighted by atomic mass is 32.2. The second-order valence-corrected chi connectivity index (χ2v) is 9.98. The van der Waals surface area contributed by atoms with Crippen LogP contribution in [0.2, 0.25) is 0 Å². The van der Waals surface area contributed by atoms with Gasteiger partial charge in [0, 0.05) is 25.7 Å². The van der Waals surface area contributed by atoms with Crippen molar-refractivity contribution >= 4 is 15.9 Å². The van der Waals surface area contributed by atoms with Gasteiger partial charge < -0.3 is 9.64 Å². The molecule has 6 nitrogen and oxygen atoms in total. The second-order valence-electron chi connectivity index (χ2n) is 7.82. The standard InChI is InChI=1S/C15H26N2O4S/c1-15(2,3)21-14(18)17-7-6-16(8-11-4-5-11)12-9-22(19,20)10-13(12)17/h11-13H,4-10H2,1-3H3/t12-,13-/m0/s1. The molecule has 0 aromatic heterocycles. The van der Waals surface area contributed by atoms with Crippen LogP contribution in [0.25, 0.3) is 0 Å². The number of piperazine rings is 1. The number of ether oxygens (including phenoxy) is 1. The van der Waals surface area contributed by atoms with Crippen LogP contribution >= 0.6 is 0 Å². The van der Waals surface area contributed by atoms with Crippen LogP contribution in [0.1, 0.15) is 33.6 Å². The van der Waals surface area contributed by atoms with Crippen molar-refractivity contribution in [1.82, 2.24) is 9.80 Å². The third-order valence-electron chi connectivity index (χ3n) is 4.61. The molecule has 2 heterocycles. The van der Waals surface area contributed by atoms with Crippen LogP contribution in [0.4, 0.5) is 4.79 Å². The Hall–Kier alpha value is -0.820. The van der Waals surface area contributed by atoms with E-state index in [1.165, 1.54) is 12.8 Å². The van der Waals surface area contributed by atoms with E-state index in [1.807, 2.05) is 20.8 Å². The Labute approximate surface area is 132 Å². The minimum atomic E-state index is -3.08. The van der Waals surface area contributed by atoms with E-state index in [0.29, 0.717) is 6.54 Å². The van der Waals surface area contributed by atoms with Crippen LogP contribution < -0.4 is 0 Å². The van der Waals surface area contributed by atoms with Gasteiger partial charge in [0.2, 0.25) is 0 Å². The van der Waals surface area contributed by atoms with E-state index >= 15 is 0 Å². The summed E-state index contributed by atoms with van der Waals surface area (Å²) in [6.07, 6.45) is 2.11. The Morgan fingerprint density at radius 3 is 2.36 bits per heavy atom. The average molecular weight is 330 g/mol. The maximum Gasteiger partial charge on any atom is 0.410 e. The van der Waals surface area contributed by atoms with E-state index in [-0.39, 0.29) is 29.7 Å². The van der Waals surface area contributed by atoms with Crippen molar-refractivity contribution in [2.75, 3.05) is 31.1 Å². The summed E-state index contributed by atoms with van der Waals surface area (Å²) in [7, 11) is -3.08. The molecule has 3 fully saturated rings. The first-order valence-electron chi connectivity index (χ1n) is 8.09. The van der Waals surface area contributed by atoms with Crippen molar-refractivity contribution < 1.29 is 17.9 Å². The van der Waals surface area contributed by atoms with Crippen LogP contribution in [0, 0.1) is 5.92 Å². The van der Waals surface area contributed by atoms with Crippen molar-refractivity contribution in [3.05, 3.63) is 0 Å². The van der Waals surface area contributed by atoms with Gasteiger partial charge in [-0.25, -0.2) is 13.2 Å². The third kappa shape index (κ3) is 3.56. The van der Waals surface area contributed by atoms with Crippen LogP contribution in [0.15, 0.2) is 0 Å². The highest BCUT2D eigenvalue weighted by Crippen LogP contribution is 2.34. The molecule has 3 aliphatic rings. The van der Waals surface area contributed by atoms with Crippen LogP contribution in [0.5, 0.6) is 0 Å². The van der Waals surface area contributed by atoms with Gasteiger partial charge >= 0.3 is 6.09 Å². The number of carbonyl (C=O) groups excluding carboxylic acids is 1. The zero-order valence-electron chi connectivity index (χ0n) is 13.6. The van der Waals surface area contributed by atoms with Gasteiger partial charge in [-0.3, -0.25) is 4.90 Å². The van der Waals surface area contributed by atoms with E-state index in [1.54, 1.807) is 4.90 Å². The van der Waals surface area contributed by atoms with Gasteiger partial charge in [-0.2, -0.15) is 0 Å². The molecule has 22 heavy (non-hydrogen) atoms. The molecule has 0 spiro atoms. The number of fused-ring (bicyclic) bond motifs is 1. The van der Waals surface area contributed by atoms with Crippen LogP contribution in [-0.4, -0.2) is 73.1 Å². The number of amides is 1. The van der Waals surface area contributed by atoms with Crippen molar-refractivity contribution in [3.63, 3.8) is 0 Å². The lowest BCUT2D eigenvalue weighted by Crippen LogP contribution is -2.61. The van der Waals surface area contributed by atoms with Crippen molar-refractivity contribution in [2.45, 2.75) is 51.3 Å². The topological polar surface area (TPSA) is 66.9 Å². The zero-order chi connectivity index (χ0) is 16.1. The van der Waals surface area contributed by atoms with Gasteiger partial charge in [-0.15, -0.1) is 0 Å². The first-order valence-corrected chi connectivity index (χ1v) is 9.91. The van der Waals surface area contributed by atoms with Gasteiger partial charge in [0.1, 0.15) is 5.60 Å². The summed E-state index contributed by atoms with van der Waals surface area (Å²) in [5, 5.41) is 0. The molecule has 3 rings (SSSR count). The fraction of sp³-hybridized carbons (Fsp3) is 0.933. The number of nitrogens with zero attached hydrogens (tertiary/aromatic N) is 2. The van der Waals surface area contributed by atoms with Crippen LogP contribution in [0.3, 0.4) is 0 Å². The Kier molecular flexibility index (Phi) is 3.92. The first kappa shape index (κ1) is 16.1. The Morgan fingerprint density at radius 2 is 1.77 bits per heavy atom. The molecular weight excluding hydrogens is 304 g/mol. The maximum atomic E-state index is 12.4. The summed E-state index contributed by atoms with van der Waals surface area (Å²) in [5.41, 5.74) is -0.560. The molecule has 1 aliphatic carbocycles. The van der Waals surface area contributed by atoms with Gasteiger partial charge in [0.15, 0.2) is 9.84 Å². The minimum absolute atomic E-state index is 0.0631. The van der Waals surface area contributed by atoms with Gasteiger partial charge in [-0.1, -0.05) is 0 Å². The van der Waals surface area contributed by atoms with Crippen LogP contribution in [-0.2, 0) is 14.6 Å². The largest absolute Gasteiger partial charge is 0.444 e. The normalized spacial score (nSPS) is 31.9. The summed E-state index contributed by atoms with van der Waals surface area (Å²) in [6.45, 7) is 7.76. The zero-order valence-corrected chi connectivity index (χ0v) is 14.4. The molecule has 2 saturated heterocycles. The predicted molar refractivity (Wildman–Crippen MR) is 83.5 cm³/mol. The number of sulfone groups is 1. The minimum Gasteiger partial charge on any atom is -0.444 e. The summed E-state index contributed by atoms with van der Waals surface area (Å²) in [4.78, 5) is 16.3. The molecule has 1 saturated carbocycles. The Balaban J connectivity index is 1.75. The molecule has 0 unspecified atom stereocenters. The molecule has 1 amide bonds. The molecule has 0 aromatic carbocycles. The average Bonchev–Trinajstić information content (AvgIpc) is 3.08. The number of rotatable bonds is 2. The molecular formula is C15H26N2O4S. The highest BCUT2D eigenvalue weighted by molar-refractivity contribution is 7.91. The molecule has 0 radical (unpaired) electrons. The van der Waals surface area contributed by atoms with Crippen molar-refractivity contribution in [3.8, 4) is 0 Å². The summed E-state index contributed by atoms with van der Waals surface area (Å²) < 4.78 is 29.6. The summed E-state index contributed by atoms with van der Waals surface area (Å²) in [6, 6.07) is -0.320. The monoisotopic (exact) mass is 330 g/mol. The molecule has 0 N–H and O–H groups in total. The van der Waals surface area contributed by atoms with E-state index in [9.17, 15) is 13.2 Å². The summed E-state index contributed by atoms with van der Waals surface area (Å²) >= 11 is 0. The lowest BCUT2D eigenvalue weighted by Gasteiger charge is -2.44. The van der Waals surface area contributed by atoms with E-state index in [4.69, 9.17) is 4.74 Å². The SMILES string of the molecule is CC(C)(C)OC(=O)N1CCN(CC2CC2)[C@H]2CS(=O)(=O)C[C@@H]21. The van der Waals surface area contributed by atoms with Crippen molar-refractivity contribution in [1.29, 1.82) is 0 Å². The lowest BCUT2D eigenvalue weighted by molar-refractivity contribution is -0.00968. The fourth-order valence-corrected chi connectivity index (χ4v) is 5.44. The molecule has 0 bridgehead atoms. The third-order valence-corrected chi connectivity index (χ3v) is 6.31. The lowest BCUT2D eigenvalue weighted by atomic mass is 10.0. The molecule has 2 atom stereocenters. The fourth-order valence-electron chi connectivity index (χ4n) is 3.43. The molecule has 0 aromatic rings. The van der Waals surface area contributed by atoms with E-state index in [0.717, 1.165) is 19.0 Å². The van der Waals surface area contributed by atoms with E-state index in [2.05, 4.69) is 4.90 Å². The molecule has 2 aliphatic heterocycles. The second kappa shape index (κ2) is 5.37. The van der Waals surface area contributed by atoms with Crippen molar-refractivity contribution in [2.24, 2.45) is 5.92 Å². The molecule has 7 heteroatoms. The molecule has 126 valence electrons. The predicted octanol–water partition coefficient (Wildman–Crippen LogP) is 1.11. The number of carbonyl (C=O) groups is 1. The van der Waals surface area contributed by atoms with Gasteiger partial charge in [0.05, 0.1) is 17.5 Å². The quantitative estimate of drug-likeness (QED) is 0.759. The highest BCUT2D eigenvalue weighted by Gasteiger charge is 2.49. The van der Waals surface area contributed by atoms with Gasteiger partial charge in [-0.05, 0) is 39.5 Å². The van der Waals surface area contributed by atoms with Gasteiger partial charge in [0.25, 0.3) is 0 Å². The Morgan fingerprint density at radius 1 is 1.14 bits per heavy atom. The number of hydrogen-bond donors (Lipinski definition) is 0. The maximum absolute atomic E-state index is 12.4. The van der Waals surface area contributed by atoms with E-state index < -0.39 is 15.4 Å². The smallest absolute Gasteiger partial charge is 0.410 e. The number of hydrogen-bond acceptors (Lipinski definition) is 5. The first-order chi connectivity index (χ1) is 10.1. The Bertz CT molecular complexity index is 550. The summed E-state index contributed by atoms with van der Waals surface area (Å²) in [5.74, 6) is 0.957.